The van der Waals surface area contributed by atoms with E-state index in [9.17, 15) is 40.7 Å². The first-order chi connectivity index (χ1) is 20.3. The second-order valence-electron chi connectivity index (χ2n) is 10.6. The van der Waals surface area contributed by atoms with Gasteiger partial charge in [0, 0.05) is 24.6 Å². The Labute approximate surface area is 250 Å². The number of carbonyl (C=O) groups excluding carboxylic acids is 4. The number of hydrogen-bond acceptors (Lipinski definition) is 8. The summed E-state index contributed by atoms with van der Waals surface area (Å²) in [6.45, 7) is 10.9. The van der Waals surface area contributed by atoms with Gasteiger partial charge in [-0.05, 0) is 24.0 Å². The van der Waals surface area contributed by atoms with Crippen LogP contribution in [0.3, 0.4) is 0 Å². The van der Waals surface area contributed by atoms with Gasteiger partial charge in [-0.3, -0.25) is 20.4 Å². The van der Waals surface area contributed by atoms with Crippen LogP contribution in [0.15, 0.2) is 42.7 Å². The molecule has 242 valence electrons. The fraction of sp³-hybridized carbons (Fsp3) is 0.429. The molecule has 4 N–H and O–H groups in total. The number of nitrogens with two attached hydrogens (primary N) is 1. The van der Waals surface area contributed by atoms with Crippen LogP contribution in [0.1, 0.15) is 51.7 Å². The molecule has 3 rings (SSSR count). The maximum Gasteiger partial charge on any atom is 0.419 e. The number of alkyl halides is 6. The van der Waals surface area contributed by atoms with E-state index >= 15 is 0 Å². The van der Waals surface area contributed by atoms with Crippen LogP contribution in [0.25, 0.3) is 0 Å². The normalized spacial score (nSPS) is 15.9. The molecule has 1 fully saturated rings. The Morgan fingerprint density at radius 3 is 1.91 bits per heavy atom. The molecule has 0 radical (unpaired) electrons. The number of hydrogen-bond donors (Lipinski definition) is 3. The number of nitriles is 1. The number of halogens is 6. The molecule has 1 saturated heterocycles. The van der Waals surface area contributed by atoms with Crippen LogP contribution < -0.4 is 16.6 Å². The highest BCUT2D eigenvalue weighted by atomic mass is 19.4. The van der Waals surface area contributed by atoms with Crippen molar-refractivity contribution in [1.82, 2.24) is 9.88 Å². The standard InChI is InChI=1S/C15H15N3O3.C7H5F6N3.C5H12.CH2O/c16-9-13-8-11(10-18(13)14(20)6-7-19)15(21)17-12-4-2-1-3-5-12;8-6(9,10)3-1-15-2-4(5(3)16-14)7(11,12)13;1-5(2,3)4;1-2/h1-5,7,11,13H,6,8,10H2,(H,17,21);1-2H,14H2,(H,15,16);1-4H3;1H2. The number of aldehydes is 1. The number of amides is 2. The van der Waals surface area contributed by atoms with Crippen LogP contribution in [0.2, 0.25) is 0 Å². The monoisotopic (exact) mass is 632 g/mol. The molecular weight excluding hydrogens is 598 g/mol. The van der Waals surface area contributed by atoms with Crippen LogP contribution in [-0.4, -0.2) is 47.4 Å². The van der Waals surface area contributed by atoms with Crippen LogP contribution in [-0.2, 0) is 31.5 Å². The van der Waals surface area contributed by atoms with E-state index in [1.807, 2.05) is 31.1 Å². The number of nitrogens with zero attached hydrogens (tertiary/aromatic N) is 3. The number of para-hydroxylation sites is 1. The number of anilines is 2. The van der Waals surface area contributed by atoms with Crippen molar-refractivity contribution in [1.29, 1.82) is 5.26 Å². The molecule has 2 unspecified atom stereocenters. The number of nitrogen functional groups attached to an aromatic ring is 1. The van der Waals surface area contributed by atoms with Gasteiger partial charge in [-0.15, -0.1) is 0 Å². The zero-order chi connectivity index (χ0) is 34.3. The van der Waals surface area contributed by atoms with E-state index in [2.05, 4.69) is 43.8 Å². The van der Waals surface area contributed by atoms with Crippen LogP contribution in [0.5, 0.6) is 0 Å². The number of hydrazine groups is 1. The van der Waals surface area contributed by atoms with Crippen molar-refractivity contribution >= 4 is 36.3 Å². The summed E-state index contributed by atoms with van der Waals surface area (Å²) >= 11 is 0. The quantitative estimate of drug-likeness (QED) is 0.133. The molecule has 2 heterocycles. The van der Waals surface area contributed by atoms with Gasteiger partial charge >= 0.3 is 12.4 Å². The predicted octanol–water partition coefficient (Wildman–Crippen LogP) is 5.23. The summed E-state index contributed by atoms with van der Waals surface area (Å²) in [5.74, 6) is 3.60. The first-order valence-corrected chi connectivity index (χ1v) is 12.7. The fourth-order valence-corrected chi connectivity index (χ4v) is 3.42. The largest absolute Gasteiger partial charge is 0.419 e. The molecule has 0 saturated carbocycles. The summed E-state index contributed by atoms with van der Waals surface area (Å²) in [5, 5.41) is 11.8. The van der Waals surface area contributed by atoms with Gasteiger partial charge < -0.3 is 25.2 Å². The smallest absolute Gasteiger partial charge is 0.326 e. The van der Waals surface area contributed by atoms with E-state index in [0.717, 1.165) is 0 Å². The lowest BCUT2D eigenvalue weighted by molar-refractivity contribution is -0.142. The van der Waals surface area contributed by atoms with E-state index in [-0.39, 0.29) is 31.3 Å². The summed E-state index contributed by atoms with van der Waals surface area (Å²) in [4.78, 5) is 46.5. The summed E-state index contributed by atoms with van der Waals surface area (Å²) in [6.07, 6.45) is -8.85. The number of pyridine rings is 1. The van der Waals surface area contributed by atoms with E-state index in [1.54, 1.807) is 12.1 Å². The Morgan fingerprint density at radius 2 is 1.52 bits per heavy atom. The Morgan fingerprint density at radius 1 is 1.05 bits per heavy atom. The third-order valence-corrected chi connectivity index (χ3v) is 5.14. The van der Waals surface area contributed by atoms with Gasteiger partial charge in [0.2, 0.25) is 11.8 Å². The number of carbonyl (C=O) groups is 4. The van der Waals surface area contributed by atoms with Crippen molar-refractivity contribution in [3.63, 3.8) is 0 Å². The maximum atomic E-state index is 12.3. The van der Waals surface area contributed by atoms with Crippen molar-refractivity contribution in [3.8, 4) is 6.07 Å². The lowest BCUT2D eigenvalue weighted by atomic mass is 10.0. The van der Waals surface area contributed by atoms with Crippen molar-refractivity contribution in [2.75, 3.05) is 17.3 Å². The Hall–Kier alpha value is -4.52. The molecule has 1 aromatic heterocycles. The number of aromatic nitrogens is 1. The van der Waals surface area contributed by atoms with Crippen molar-refractivity contribution in [2.45, 2.75) is 58.9 Å². The summed E-state index contributed by atoms with van der Waals surface area (Å²) in [7, 11) is 0. The molecule has 2 aromatic rings. The summed E-state index contributed by atoms with van der Waals surface area (Å²) in [6, 6.07) is 10.4. The maximum absolute atomic E-state index is 12.3. The van der Waals surface area contributed by atoms with Gasteiger partial charge in [-0.25, -0.2) is 0 Å². The second-order valence-corrected chi connectivity index (χ2v) is 10.6. The molecule has 1 aliphatic heterocycles. The zero-order valence-electron chi connectivity index (χ0n) is 24.4. The van der Waals surface area contributed by atoms with Crippen molar-refractivity contribution in [3.05, 3.63) is 53.9 Å². The highest BCUT2D eigenvalue weighted by Crippen LogP contribution is 2.41. The number of nitrogens with one attached hydrogen (secondary N) is 2. The zero-order valence-corrected chi connectivity index (χ0v) is 24.4. The number of likely N-dealkylation sites (tertiary alicyclic amines) is 1. The third kappa shape index (κ3) is 13.6. The molecule has 1 aliphatic rings. The third-order valence-electron chi connectivity index (χ3n) is 5.14. The van der Waals surface area contributed by atoms with Crippen molar-refractivity contribution < 1.29 is 45.5 Å². The minimum atomic E-state index is -4.96. The van der Waals surface area contributed by atoms with E-state index in [0.29, 0.717) is 23.8 Å². The second kappa shape index (κ2) is 17.6. The molecule has 2 amide bonds. The summed E-state index contributed by atoms with van der Waals surface area (Å²) < 4.78 is 73.8. The first kappa shape index (κ1) is 39.5. The number of benzene rings is 1. The molecule has 0 bridgehead atoms. The Balaban J connectivity index is 0.000000711. The van der Waals surface area contributed by atoms with Gasteiger partial charge in [0.05, 0.1) is 35.2 Å². The molecular formula is C28H34F6N6O4. The van der Waals surface area contributed by atoms with Gasteiger partial charge in [-0.2, -0.15) is 31.6 Å². The molecule has 16 heteroatoms. The van der Waals surface area contributed by atoms with E-state index in [1.165, 1.54) is 10.3 Å². The molecule has 2 atom stereocenters. The minimum absolute atomic E-state index is 0.170. The van der Waals surface area contributed by atoms with Crippen LogP contribution >= 0.6 is 0 Å². The molecule has 1 aromatic carbocycles. The van der Waals surface area contributed by atoms with Gasteiger partial charge in [0.15, 0.2) is 0 Å². The van der Waals surface area contributed by atoms with E-state index in [4.69, 9.17) is 10.1 Å². The minimum Gasteiger partial charge on any atom is -0.326 e. The van der Waals surface area contributed by atoms with Crippen molar-refractivity contribution in [2.24, 2.45) is 17.2 Å². The molecule has 0 spiro atoms. The lowest BCUT2D eigenvalue weighted by Gasteiger charge is -2.18. The SMILES string of the molecule is C=O.CC(C)(C)C.N#CC1CC(C(=O)Nc2ccccc2)CN1C(=O)CC=O.NNc1c(C(F)(F)F)cncc1C(F)(F)F. The fourth-order valence-electron chi connectivity index (χ4n) is 3.42. The van der Waals surface area contributed by atoms with Gasteiger partial charge in [0.1, 0.15) is 19.1 Å². The van der Waals surface area contributed by atoms with E-state index < -0.39 is 47.0 Å². The van der Waals surface area contributed by atoms with Gasteiger partial charge in [0.25, 0.3) is 0 Å². The number of rotatable bonds is 5. The topological polar surface area (TPSA) is 158 Å². The average molecular weight is 633 g/mol. The highest BCUT2D eigenvalue weighted by molar-refractivity contribution is 5.94. The molecule has 0 aliphatic carbocycles. The Bertz CT molecular complexity index is 1220. The van der Waals surface area contributed by atoms with Crippen LogP contribution in [0.4, 0.5) is 37.7 Å². The Kier molecular flexibility index (Phi) is 15.8. The highest BCUT2D eigenvalue weighted by Gasteiger charge is 2.41. The first-order valence-electron chi connectivity index (χ1n) is 12.7. The average Bonchev–Trinajstić information content (AvgIpc) is 3.38. The predicted molar refractivity (Wildman–Crippen MR) is 149 cm³/mol. The molecule has 44 heavy (non-hydrogen) atoms. The van der Waals surface area contributed by atoms with Gasteiger partial charge in [-0.1, -0.05) is 45.9 Å². The summed E-state index contributed by atoms with van der Waals surface area (Å²) in [5.41, 5.74) is -1.80. The lowest BCUT2D eigenvalue weighted by Crippen LogP contribution is -2.35. The van der Waals surface area contributed by atoms with Crippen LogP contribution in [0, 0.1) is 22.7 Å². The molecule has 10 nitrogen and oxygen atoms in total.